The van der Waals surface area contributed by atoms with Crippen LogP contribution in [0.4, 0.5) is 0 Å². The largest absolute Gasteiger partial charge is 1.00 e. The molecule has 0 rings (SSSR count). The summed E-state index contributed by atoms with van der Waals surface area (Å²) in [6.07, 6.45) is 0. The zero-order chi connectivity index (χ0) is 6.08. The van der Waals surface area contributed by atoms with Gasteiger partial charge in [-0.3, -0.25) is 0 Å². The van der Waals surface area contributed by atoms with E-state index in [9.17, 15) is 13.0 Å². The second kappa shape index (κ2) is 3.63. The Bertz CT molecular complexity index is 169. The topological polar surface area (TPSA) is 57.2 Å². The Morgan fingerprint density at radius 1 is 1.62 bits per heavy atom. The molecule has 0 fully saturated rings. The van der Waals surface area contributed by atoms with Crippen molar-refractivity contribution >= 4 is 10.1 Å². The first-order valence-corrected chi connectivity index (χ1v) is 2.97. The molecule has 0 amide bonds. The van der Waals surface area contributed by atoms with Crippen LogP contribution in [0.25, 0.3) is 0 Å². The number of hydrogen-bond donors (Lipinski definition) is 0. The number of hydrogen-bond acceptors (Lipinski definition) is 3. The van der Waals surface area contributed by atoms with Gasteiger partial charge in [-0.05, 0) is 6.92 Å². The van der Waals surface area contributed by atoms with Crippen molar-refractivity contribution in [2.24, 2.45) is 0 Å². The molecule has 0 heterocycles. The summed E-state index contributed by atoms with van der Waals surface area (Å²) in [5, 5.41) is 0. The number of allylic oxidation sites excluding steroid dienone is 1. The van der Waals surface area contributed by atoms with Crippen LogP contribution in [0.15, 0.2) is 11.5 Å². The zero-order valence-electron chi connectivity index (χ0n) is 4.84. The molecule has 0 aliphatic rings. The molecular weight excluding hydrogens is 139 g/mol. The molecular formula is C3H5NaO3S. The van der Waals surface area contributed by atoms with Gasteiger partial charge < -0.3 is 4.55 Å². The van der Waals surface area contributed by atoms with Gasteiger partial charge in [-0.15, -0.1) is 0 Å². The van der Waals surface area contributed by atoms with E-state index in [0.29, 0.717) is 0 Å². The van der Waals surface area contributed by atoms with Crippen LogP contribution in [-0.4, -0.2) is 13.0 Å². The maximum Gasteiger partial charge on any atom is 1.00 e. The fourth-order valence-corrected chi connectivity index (χ4v) is 0. The summed E-state index contributed by atoms with van der Waals surface area (Å²) in [5.74, 6) is 0. The smallest absolute Gasteiger partial charge is 0.744 e. The minimum absolute atomic E-state index is 0. The molecule has 42 valence electrons. The van der Waals surface area contributed by atoms with Crippen LogP contribution < -0.4 is 29.6 Å². The summed E-state index contributed by atoms with van der Waals surface area (Å²) < 4.78 is 29.0. The van der Waals surface area contributed by atoms with Gasteiger partial charge in [0, 0.05) is 4.91 Å². The summed E-state index contributed by atoms with van der Waals surface area (Å²) in [5.41, 5.74) is 0. The van der Waals surface area contributed by atoms with Gasteiger partial charge in [0.25, 0.3) is 0 Å². The van der Waals surface area contributed by atoms with E-state index in [2.05, 4.69) is 6.58 Å². The molecule has 0 bridgehead atoms. The first-order valence-electron chi connectivity index (χ1n) is 1.56. The maximum atomic E-state index is 9.68. The van der Waals surface area contributed by atoms with Crippen LogP contribution in [0.5, 0.6) is 0 Å². The molecule has 0 saturated heterocycles. The number of rotatable bonds is 1. The Labute approximate surface area is 70.8 Å². The van der Waals surface area contributed by atoms with Crippen molar-refractivity contribution in [1.82, 2.24) is 0 Å². The van der Waals surface area contributed by atoms with Crippen molar-refractivity contribution in [3.63, 3.8) is 0 Å². The molecule has 0 spiro atoms. The van der Waals surface area contributed by atoms with Crippen LogP contribution in [0.3, 0.4) is 0 Å². The van der Waals surface area contributed by atoms with E-state index in [1.807, 2.05) is 0 Å². The van der Waals surface area contributed by atoms with Gasteiger partial charge >= 0.3 is 29.6 Å². The molecule has 0 aromatic carbocycles. The van der Waals surface area contributed by atoms with E-state index in [1.165, 1.54) is 0 Å². The Balaban J connectivity index is 0. The van der Waals surface area contributed by atoms with Crippen LogP contribution in [0.2, 0.25) is 0 Å². The predicted octanol–water partition coefficient (Wildman–Crippen LogP) is -2.93. The second-order valence-corrected chi connectivity index (χ2v) is 2.76. The third-order valence-corrected chi connectivity index (χ3v) is 1.28. The SMILES string of the molecule is C=C(C)S(=O)(=O)[O-].[Na+]. The normalized spacial score (nSPS) is 9.75. The van der Waals surface area contributed by atoms with Gasteiger partial charge in [-0.2, -0.15) is 0 Å². The first kappa shape index (κ1) is 11.4. The third-order valence-electron chi connectivity index (χ3n) is 0.427. The van der Waals surface area contributed by atoms with Crippen molar-refractivity contribution in [3.05, 3.63) is 11.5 Å². The van der Waals surface area contributed by atoms with Crippen molar-refractivity contribution < 1.29 is 42.5 Å². The van der Waals surface area contributed by atoms with Gasteiger partial charge in [-0.1, -0.05) is 6.58 Å². The van der Waals surface area contributed by atoms with E-state index in [-0.39, 0.29) is 34.5 Å². The van der Waals surface area contributed by atoms with E-state index in [4.69, 9.17) is 0 Å². The van der Waals surface area contributed by atoms with Gasteiger partial charge in [0.1, 0.15) is 10.1 Å². The fraction of sp³-hybridized carbons (Fsp3) is 0.333. The van der Waals surface area contributed by atoms with E-state index in [1.54, 1.807) is 0 Å². The van der Waals surface area contributed by atoms with Gasteiger partial charge in [0.2, 0.25) is 0 Å². The van der Waals surface area contributed by atoms with Gasteiger partial charge in [0.05, 0.1) is 0 Å². The van der Waals surface area contributed by atoms with Crippen molar-refractivity contribution in [2.75, 3.05) is 0 Å². The second-order valence-electron chi connectivity index (χ2n) is 1.16. The average molecular weight is 144 g/mol. The summed E-state index contributed by atoms with van der Waals surface area (Å²) in [6, 6.07) is 0. The molecule has 0 aliphatic heterocycles. The first-order chi connectivity index (χ1) is 2.94. The molecule has 0 unspecified atom stereocenters. The van der Waals surface area contributed by atoms with Crippen molar-refractivity contribution in [2.45, 2.75) is 6.92 Å². The Kier molecular flexibility index (Phi) is 5.20. The summed E-state index contributed by atoms with van der Waals surface area (Å²) in [4.78, 5) is -0.340. The molecule has 0 radical (unpaired) electrons. The van der Waals surface area contributed by atoms with Gasteiger partial charge in [-0.25, -0.2) is 8.42 Å². The van der Waals surface area contributed by atoms with Crippen LogP contribution in [-0.2, 0) is 10.1 Å². The molecule has 0 atom stereocenters. The minimum Gasteiger partial charge on any atom is -0.744 e. The molecule has 0 saturated carbocycles. The summed E-state index contributed by atoms with van der Waals surface area (Å²) in [6.45, 7) is 4.08. The molecule has 0 aliphatic carbocycles. The van der Waals surface area contributed by atoms with Crippen molar-refractivity contribution in [3.8, 4) is 0 Å². The predicted molar refractivity (Wildman–Crippen MR) is 24.5 cm³/mol. The fourth-order valence-electron chi connectivity index (χ4n) is 0. The van der Waals surface area contributed by atoms with Crippen molar-refractivity contribution in [1.29, 1.82) is 0 Å². The molecule has 3 nitrogen and oxygen atoms in total. The average Bonchev–Trinajstić information content (AvgIpc) is 1.31. The Hall–Kier alpha value is 0.650. The molecule has 0 aromatic rings. The third kappa shape index (κ3) is 4.80. The van der Waals surface area contributed by atoms with E-state index >= 15 is 0 Å². The minimum atomic E-state index is -4.19. The van der Waals surface area contributed by atoms with E-state index < -0.39 is 10.1 Å². The molecule has 0 aromatic heterocycles. The van der Waals surface area contributed by atoms with Gasteiger partial charge in [0.15, 0.2) is 0 Å². The molecule has 5 heteroatoms. The Morgan fingerprint density at radius 2 is 1.75 bits per heavy atom. The Morgan fingerprint density at radius 3 is 1.75 bits per heavy atom. The van der Waals surface area contributed by atoms with Crippen LogP contribution in [0, 0.1) is 0 Å². The van der Waals surface area contributed by atoms with Crippen LogP contribution in [0.1, 0.15) is 6.92 Å². The molecule has 8 heavy (non-hydrogen) atoms. The van der Waals surface area contributed by atoms with E-state index in [0.717, 1.165) is 6.92 Å². The monoisotopic (exact) mass is 144 g/mol. The zero-order valence-corrected chi connectivity index (χ0v) is 7.66. The summed E-state index contributed by atoms with van der Waals surface area (Å²) in [7, 11) is -4.19. The summed E-state index contributed by atoms with van der Waals surface area (Å²) >= 11 is 0. The van der Waals surface area contributed by atoms with Crippen LogP contribution >= 0.6 is 0 Å². The quantitative estimate of drug-likeness (QED) is 0.292. The maximum absolute atomic E-state index is 9.68. The molecule has 0 N–H and O–H groups in total. The standard InChI is InChI=1S/C3H6O3S.Na/c1-3(2)7(4,5)6;/h1H2,2H3,(H,4,5,6);/q;+1/p-1.